The van der Waals surface area contributed by atoms with Gasteiger partial charge in [0.15, 0.2) is 0 Å². The number of hydrogen-bond donors (Lipinski definition) is 1. The molecule has 0 aliphatic heterocycles. The first-order valence-electron chi connectivity index (χ1n) is 2.53. The van der Waals surface area contributed by atoms with Gasteiger partial charge in [0.2, 0.25) is 0 Å². The molecule has 0 bridgehead atoms. The third-order valence-electron chi connectivity index (χ3n) is 0.888. The number of hydrogen-bond acceptors (Lipinski definition) is 3. The lowest BCUT2D eigenvalue weighted by atomic mass is 10.3. The van der Waals surface area contributed by atoms with E-state index in [-0.39, 0.29) is 0 Å². The quantitative estimate of drug-likeness (QED) is 0.329. The van der Waals surface area contributed by atoms with Gasteiger partial charge in [-0.15, -0.1) is 0 Å². The fraction of sp³-hybridized carbons (Fsp3) is 0.800. The van der Waals surface area contributed by atoms with Gasteiger partial charge in [0.1, 0.15) is 0 Å². The predicted molar refractivity (Wildman–Crippen MR) is 33.8 cm³/mol. The molecule has 0 unspecified atom stereocenters. The van der Waals surface area contributed by atoms with E-state index in [0.717, 1.165) is 12.1 Å². The van der Waals surface area contributed by atoms with Crippen molar-refractivity contribution in [1.29, 1.82) is 0 Å². The summed E-state index contributed by atoms with van der Waals surface area (Å²) in [5.41, 5.74) is 0.923. The van der Waals surface area contributed by atoms with Gasteiger partial charge in [-0.1, -0.05) is 0 Å². The maximum absolute atomic E-state index is 4.95. The number of nitrogens with two attached hydrogens (primary N) is 1. The molecule has 0 radical (unpaired) electrons. The van der Waals surface area contributed by atoms with Gasteiger partial charge in [-0.05, 0) is 6.92 Å². The number of ether oxygens (including phenoxy) is 1. The number of nitrogens with zero attached hydrogens (tertiary/aromatic N) is 1. The van der Waals surface area contributed by atoms with Crippen LogP contribution >= 0.6 is 0 Å². The van der Waals surface area contributed by atoms with Crippen LogP contribution in [-0.2, 0) is 4.74 Å². The zero-order valence-electron chi connectivity index (χ0n) is 5.35. The molecule has 3 heteroatoms. The van der Waals surface area contributed by atoms with Crippen molar-refractivity contribution in [2.75, 3.05) is 13.7 Å². The van der Waals surface area contributed by atoms with Crippen LogP contribution < -0.4 is 5.84 Å². The Morgan fingerprint density at radius 1 is 1.75 bits per heavy atom. The lowest BCUT2D eigenvalue weighted by molar-refractivity contribution is 0.207. The monoisotopic (exact) mass is 116 g/mol. The summed E-state index contributed by atoms with van der Waals surface area (Å²) in [6, 6.07) is 0. The van der Waals surface area contributed by atoms with Crippen molar-refractivity contribution < 1.29 is 4.74 Å². The minimum atomic E-state index is 0.701. The molecule has 0 atom stereocenters. The van der Waals surface area contributed by atoms with Crippen molar-refractivity contribution in [3.63, 3.8) is 0 Å². The van der Waals surface area contributed by atoms with Gasteiger partial charge in [-0.25, -0.2) is 0 Å². The van der Waals surface area contributed by atoms with Crippen molar-refractivity contribution in [1.82, 2.24) is 0 Å². The first kappa shape index (κ1) is 7.43. The Bertz CT molecular complexity index is 80.5. The summed E-state index contributed by atoms with van der Waals surface area (Å²) in [5, 5.41) is 3.46. The fourth-order valence-electron chi connectivity index (χ4n) is 0.314. The molecule has 48 valence electrons. The average Bonchev–Trinajstić information content (AvgIpc) is 1.83. The lowest BCUT2D eigenvalue weighted by Crippen LogP contribution is -2.00. The molecule has 0 aromatic heterocycles. The predicted octanol–water partition coefficient (Wildman–Crippen LogP) is 0.358. The van der Waals surface area contributed by atoms with Crippen molar-refractivity contribution in [2.45, 2.75) is 13.3 Å². The average molecular weight is 116 g/mol. The second-order valence-corrected chi connectivity index (χ2v) is 1.61. The summed E-state index contributed by atoms with van der Waals surface area (Å²) in [6.07, 6.45) is 0.826. The number of methoxy groups -OCH3 is 1. The second-order valence-electron chi connectivity index (χ2n) is 1.61. The second kappa shape index (κ2) is 4.59. The fourth-order valence-corrected chi connectivity index (χ4v) is 0.314. The first-order valence-corrected chi connectivity index (χ1v) is 2.53. The van der Waals surface area contributed by atoms with Crippen LogP contribution in [0.15, 0.2) is 5.10 Å². The molecule has 0 aromatic carbocycles. The van der Waals surface area contributed by atoms with Crippen LogP contribution in [0.25, 0.3) is 0 Å². The third-order valence-corrected chi connectivity index (χ3v) is 0.888. The van der Waals surface area contributed by atoms with Crippen LogP contribution in [0.3, 0.4) is 0 Å². The minimum Gasteiger partial charge on any atom is -0.384 e. The summed E-state index contributed by atoms with van der Waals surface area (Å²) in [5.74, 6) is 4.95. The van der Waals surface area contributed by atoms with E-state index in [1.54, 1.807) is 7.11 Å². The molecular formula is C5H12N2O. The molecule has 0 saturated heterocycles. The molecule has 3 nitrogen and oxygen atoms in total. The Hall–Kier alpha value is -0.570. The maximum atomic E-state index is 4.95. The van der Waals surface area contributed by atoms with Crippen LogP contribution in [0, 0.1) is 0 Å². The highest BCUT2D eigenvalue weighted by molar-refractivity contribution is 5.81. The summed E-state index contributed by atoms with van der Waals surface area (Å²) in [7, 11) is 1.66. The molecule has 0 aliphatic carbocycles. The lowest BCUT2D eigenvalue weighted by Gasteiger charge is -1.94. The molecule has 0 rings (SSSR count). The molecule has 0 amide bonds. The summed E-state index contributed by atoms with van der Waals surface area (Å²) in [4.78, 5) is 0. The van der Waals surface area contributed by atoms with Gasteiger partial charge in [-0.3, -0.25) is 0 Å². The zero-order valence-corrected chi connectivity index (χ0v) is 5.35. The van der Waals surface area contributed by atoms with E-state index in [0.29, 0.717) is 6.61 Å². The molecule has 2 N–H and O–H groups in total. The van der Waals surface area contributed by atoms with E-state index < -0.39 is 0 Å². The Kier molecular flexibility index (Phi) is 4.26. The van der Waals surface area contributed by atoms with E-state index in [2.05, 4.69) is 5.10 Å². The topological polar surface area (TPSA) is 47.6 Å². The summed E-state index contributed by atoms with van der Waals surface area (Å²) >= 11 is 0. The van der Waals surface area contributed by atoms with Crippen molar-refractivity contribution >= 4 is 5.71 Å². The van der Waals surface area contributed by atoms with E-state index in [1.807, 2.05) is 6.92 Å². The number of rotatable bonds is 3. The van der Waals surface area contributed by atoms with Crippen LogP contribution in [0.1, 0.15) is 13.3 Å². The third kappa shape index (κ3) is 3.61. The van der Waals surface area contributed by atoms with Crippen LogP contribution in [0.4, 0.5) is 0 Å². The summed E-state index contributed by atoms with van der Waals surface area (Å²) < 4.78 is 4.78. The van der Waals surface area contributed by atoms with Crippen molar-refractivity contribution in [2.24, 2.45) is 10.9 Å². The highest BCUT2D eigenvalue weighted by Crippen LogP contribution is 1.82. The standard InChI is InChI=1S/C5H12N2O/c1-5(7-6)3-4-8-2/h3-4,6H2,1-2H3/b7-5+. The normalized spacial score (nSPS) is 12.0. The van der Waals surface area contributed by atoms with E-state index >= 15 is 0 Å². The number of hydrazone groups is 1. The molecular weight excluding hydrogens is 104 g/mol. The van der Waals surface area contributed by atoms with Gasteiger partial charge in [0.05, 0.1) is 6.61 Å². The molecule has 0 fully saturated rings. The Balaban J connectivity index is 3.12. The van der Waals surface area contributed by atoms with Gasteiger partial charge in [0.25, 0.3) is 0 Å². The maximum Gasteiger partial charge on any atom is 0.0515 e. The van der Waals surface area contributed by atoms with E-state index in [9.17, 15) is 0 Å². The zero-order chi connectivity index (χ0) is 6.41. The molecule has 0 spiro atoms. The van der Waals surface area contributed by atoms with Crippen LogP contribution in [0.5, 0.6) is 0 Å². The van der Waals surface area contributed by atoms with Gasteiger partial charge < -0.3 is 10.6 Å². The Morgan fingerprint density at radius 3 is 2.75 bits per heavy atom. The molecule has 0 heterocycles. The summed E-state index contributed by atoms with van der Waals surface area (Å²) in [6.45, 7) is 2.57. The van der Waals surface area contributed by atoms with E-state index in [1.165, 1.54) is 0 Å². The first-order chi connectivity index (χ1) is 3.81. The minimum absolute atomic E-state index is 0.701. The van der Waals surface area contributed by atoms with Crippen molar-refractivity contribution in [3.8, 4) is 0 Å². The molecule has 8 heavy (non-hydrogen) atoms. The van der Waals surface area contributed by atoms with Gasteiger partial charge >= 0.3 is 0 Å². The van der Waals surface area contributed by atoms with Crippen LogP contribution in [0.2, 0.25) is 0 Å². The van der Waals surface area contributed by atoms with Crippen LogP contribution in [-0.4, -0.2) is 19.4 Å². The Morgan fingerprint density at radius 2 is 2.38 bits per heavy atom. The highest BCUT2D eigenvalue weighted by Gasteiger charge is 1.86. The smallest absolute Gasteiger partial charge is 0.0515 e. The van der Waals surface area contributed by atoms with Crippen molar-refractivity contribution in [3.05, 3.63) is 0 Å². The Labute approximate surface area is 49.5 Å². The largest absolute Gasteiger partial charge is 0.384 e. The SMILES string of the molecule is COCC/C(C)=N/N. The van der Waals surface area contributed by atoms with E-state index in [4.69, 9.17) is 10.6 Å². The van der Waals surface area contributed by atoms with Gasteiger partial charge in [0, 0.05) is 19.2 Å². The molecule has 0 saturated carbocycles. The van der Waals surface area contributed by atoms with Gasteiger partial charge in [-0.2, -0.15) is 5.10 Å². The molecule has 0 aromatic rings. The molecule has 0 aliphatic rings. The highest BCUT2D eigenvalue weighted by atomic mass is 16.5.